The van der Waals surface area contributed by atoms with Crippen molar-refractivity contribution in [3.8, 4) is 0 Å². The summed E-state index contributed by atoms with van der Waals surface area (Å²) in [4.78, 5) is 0. The van der Waals surface area contributed by atoms with Gasteiger partial charge in [-0.25, -0.2) is 0 Å². The largest absolute Gasteiger partial charge is 0.257 e. The van der Waals surface area contributed by atoms with E-state index in [-0.39, 0.29) is 0 Å². The van der Waals surface area contributed by atoms with Gasteiger partial charge in [0.05, 0.1) is 0 Å². The predicted molar refractivity (Wildman–Crippen MR) is 109 cm³/mol. The van der Waals surface area contributed by atoms with Gasteiger partial charge in [-0.1, -0.05) is 36.6 Å². The van der Waals surface area contributed by atoms with Gasteiger partial charge in [0.15, 0.2) is 5.61 Å². The molecule has 0 amide bonds. The van der Waals surface area contributed by atoms with Crippen LogP contribution in [0.4, 0.5) is 0 Å². The molecule has 0 aromatic rings. The minimum absolute atomic E-state index is 0.761. The third-order valence-corrected chi connectivity index (χ3v) is 25.0. The van der Waals surface area contributed by atoms with Crippen LogP contribution < -0.4 is 0 Å². The van der Waals surface area contributed by atoms with Crippen molar-refractivity contribution in [1.82, 2.24) is 0 Å². The second-order valence-electron chi connectivity index (χ2n) is 3.05. The Morgan fingerprint density at radius 3 is 1.40 bits per heavy atom. The SMILES string of the molecule is CCSP1(SCC)=NP(Cl)(Cl)=NP(Cl)(Cl)=NP(Cl)(Cl)=N1. The fourth-order valence-electron chi connectivity index (χ4n) is 1.08. The molecule has 1 rings (SSSR count). The van der Waals surface area contributed by atoms with Crippen molar-refractivity contribution >= 4 is 114 Å². The number of hydrogen-bond acceptors (Lipinski definition) is 6. The fourth-order valence-corrected chi connectivity index (χ4v) is 35.2. The van der Waals surface area contributed by atoms with E-state index in [1.165, 1.54) is 22.8 Å². The van der Waals surface area contributed by atoms with Crippen LogP contribution in [0.25, 0.3) is 0 Å². The normalized spacial score (nSPS) is 26.0. The Bertz CT molecular complexity index is 576. The molecule has 0 atom stereocenters. The molecule has 0 N–H and O–H groups in total. The van der Waals surface area contributed by atoms with E-state index < -0.39 is 23.3 Å². The average Bonchev–Trinajstić information content (AvgIpc) is 2.09. The van der Waals surface area contributed by atoms with Gasteiger partial charge in [0.1, 0.15) is 0 Å². The first-order valence-electron chi connectivity index (χ1n) is 4.97. The first kappa shape index (κ1) is 21.4. The van der Waals surface area contributed by atoms with Crippen molar-refractivity contribution in [3.05, 3.63) is 0 Å². The highest BCUT2D eigenvalue weighted by molar-refractivity contribution is 8.91. The zero-order chi connectivity index (χ0) is 15.7. The minimum atomic E-state index is -3.17. The first-order valence-corrected chi connectivity index (χ1v) is 20.4. The highest BCUT2D eigenvalue weighted by Crippen LogP contribution is 2.90. The molecule has 0 unspecified atom stereocenters. The van der Waals surface area contributed by atoms with E-state index in [0.29, 0.717) is 0 Å². The number of hydrogen-bond donors (Lipinski definition) is 0. The summed E-state index contributed by atoms with van der Waals surface area (Å²) < 4.78 is 17.0. The molecular weight excluding hydrogens is 505 g/mol. The summed E-state index contributed by atoms with van der Waals surface area (Å²) in [5, 5.41) is 0. The summed E-state index contributed by atoms with van der Waals surface area (Å²) in [6.45, 7) is 3.96. The van der Waals surface area contributed by atoms with E-state index >= 15 is 0 Å². The molecule has 0 bridgehead atoms. The molecule has 1 aliphatic heterocycles. The van der Waals surface area contributed by atoms with Crippen molar-refractivity contribution in [3.63, 3.8) is 0 Å². The number of halogens is 6. The quantitative estimate of drug-likeness (QED) is 0.350. The van der Waals surface area contributed by atoms with Gasteiger partial charge < -0.3 is 0 Å². The van der Waals surface area contributed by atoms with Crippen molar-refractivity contribution in [2.75, 3.05) is 11.5 Å². The van der Waals surface area contributed by atoms with E-state index in [0.717, 1.165) is 11.5 Å². The second kappa shape index (κ2) is 8.16. The molecule has 16 heteroatoms. The maximum atomic E-state index is 6.19. The van der Waals surface area contributed by atoms with Gasteiger partial charge in [0.2, 0.25) is 0 Å². The molecule has 0 aliphatic carbocycles. The van der Waals surface area contributed by atoms with E-state index in [4.69, 9.17) is 67.4 Å². The summed E-state index contributed by atoms with van der Waals surface area (Å²) in [5.74, 6) is -7.78. The molecule has 0 spiro atoms. The Morgan fingerprint density at radius 2 is 1.00 bits per heavy atom. The van der Waals surface area contributed by atoms with Gasteiger partial charge in [0.25, 0.3) is 17.7 Å². The molecule has 20 heavy (non-hydrogen) atoms. The van der Waals surface area contributed by atoms with E-state index in [1.54, 1.807) is 0 Å². The van der Waals surface area contributed by atoms with E-state index in [2.05, 4.69) is 18.1 Å². The minimum Gasteiger partial charge on any atom is -0.193 e. The molecule has 0 aromatic carbocycles. The van der Waals surface area contributed by atoms with Crippen molar-refractivity contribution in [2.24, 2.45) is 18.1 Å². The zero-order valence-electron chi connectivity index (χ0n) is 10.1. The Labute approximate surface area is 155 Å². The van der Waals surface area contributed by atoms with Crippen LogP contribution in [0.15, 0.2) is 18.1 Å². The number of rotatable bonds is 4. The monoisotopic (exact) mass is 512 g/mol. The van der Waals surface area contributed by atoms with E-state index in [9.17, 15) is 0 Å². The van der Waals surface area contributed by atoms with Gasteiger partial charge in [-0.05, 0) is 79.0 Å². The average molecular weight is 515 g/mol. The van der Waals surface area contributed by atoms with Crippen LogP contribution in [-0.4, -0.2) is 11.5 Å². The topological polar surface area (TPSA) is 49.4 Å². The highest BCUT2D eigenvalue weighted by Gasteiger charge is 2.33. The Hall–Kier alpha value is 3.36. The molecule has 0 saturated heterocycles. The number of nitrogens with zero attached hydrogens (tertiary/aromatic N) is 4. The Balaban J connectivity index is 3.68. The highest BCUT2D eigenvalue weighted by atomic mass is 35.9. The maximum absolute atomic E-state index is 6.19. The lowest BCUT2D eigenvalue weighted by Gasteiger charge is -2.23. The molecule has 0 fully saturated rings. The van der Waals surface area contributed by atoms with Gasteiger partial charge in [0, 0.05) is 0 Å². The van der Waals surface area contributed by atoms with Crippen LogP contribution >= 0.6 is 114 Å². The van der Waals surface area contributed by atoms with Crippen LogP contribution in [0.3, 0.4) is 0 Å². The lowest BCUT2D eigenvalue weighted by atomic mass is 11.0. The molecule has 0 radical (unpaired) electrons. The van der Waals surface area contributed by atoms with Crippen molar-refractivity contribution in [2.45, 2.75) is 13.8 Å². The van der Waals surface area contributed by atoms with Crippen molar-refractivity contribution in [1.29, 1.82) is 0 Å². The third kappa shape index (κ3) is 7.08. The summed E-state index contributed by atoms with van der Waals surface area (Å²) in [7, 11) is 0. The molecule has 4 nitrogen and oxygen atoms in total. The van der Waals surface area contributed by atoms with E-state index in [1.807, 2.05) is 13.8 Å². The fraction of sp³-hybridized carbons (Fsp3) is 1.00. The summed E-state index contributed by atoms with van der Waals surface area (Å²) >= 11 is 39.8. The summed E-state index contributed by atoms with van der Waals surface area (Å²) in [6.07, 6.45) is 0. The first-order chi connectivity index (χ1) is 8.95. The summed E-state index contributed by atoms with van der Waals surface area (Å²) in [6, 6.07) is 0. The van der Waals surface area contributed by atoms with Crippen LogP contribution in [0, 0.1) is 0 Å². The van der Waals surface area contributed by atoms with Crippen molar-refractivity contribution < 1.29 is 0 Å². The van der Waals surface area contributed by atoms with Gasteiger partial charge in [-0.15, -0.1) is 0 Å². The maximum Gasteiger partial charge on any atom is 0.257 e. The standard InChI is InChI=1S/C4H10Cl6N4P4S2/c1-3-19-18(20-4-2)13-16(7,8)11-15(5,6)12-17(9,10)14-18/h3-4H2,1-2H3. The van der Waals surface area contributed by atoms with Gasteiger partial charge in [-0.3, -0.25) is 0 Å². The zero-order valence-corrected chi connectivity index (χ0v) is 19.8. The lowest BCUT2D eigenvalue weighted by molar-refractivity contribution is 1.54. The Kier molecular flexibility index (Phi) is 8.73. The smallest absolute Gasteiger partial charge is 0.193 e. The molecule has 0 aromatic heterocycles. The summed E-state index contributed by atoms with van der Waals surface area (Å²) in [5.41, 5.74) is -2.39. The second-order valence-corrected chi connectivity index (χ2v) is 26.6. The van der Waals surface area contributed by atoms with Crippen LogP contribution in [0.1, 0.15) is 13.8 Å². The molecule has 120 valence electrons. The van der Waals surface area contributed by atoms with Gasteiger partial charge in [-0.2, -0.15) is 18.1 Å². The van der Waals surface area contributed by atoms with Crippen LogP contribution in [-0.2, 0) is 0 Å². The Morgan fingerprint density at radius 1 is 0.650 bits per heavy atom. The van der Waals surface area contributed by atoms with Gasteiger partial charge >= 0.3 is 0 Å². The molecule has 1 aliphatic rings. The molecular formula is C4H10Cl6N4P4S2. The van der Waals surface area contributed by atoms with Crippen LogP contribution in [0.5, 0.6) is 0 Å². The predicted octanol–water partition coefficient (Wildman–Crippen LogP) is 10.7. The van der Waals surface area contributed by atoms with Crippen LogP contribution in [0.2, 0.25) is 0 Å². The third-order valence-electron chi connectivity index (χ3n) is 1.47. The molecule has 0 saturated carbocycles. The molecule has 1 heterocycles. The lowest BCUT2D eigenvalue weighted by Crippen LogP contribution is -1.74.